The van der Waals surface area contributed by atoms with Crippen molar-refractivity contribution in [3.63, 3.8) is 0 Å². The van der Waals surface area contributed by atoms with Gasteiger partial charge >= 0.3 is 0 Å². The van der Waals surface area contributed by atoms with Gasteiger partial charge in [-0.15, -0.1) is 0 Å². The standard InChI is InChI=1S/C24H30N4O4/c1-5-31-20-11-17(8-9-19(20)30-4)12-25-23(29)18-7-6-10-28(13-18)22-21-15(2)16(3)32-24(21)27-14-26-22/h8-9,11,14,18H,5-7,10,12-13H2,1-4H3,(H,25,29). The molecule has 2 aromatic heterocycles. The highest BCUT2D eigenvalue weighted by molar-refractivity contribution is 5.90. The van der Waals surface area contributed by atoms with Crippen LogP contribution < -0.4 is 19.7 Å². The Labute approximate surface area is 187 Å². The zero-order chi connectivity index (χ0) is 22.7. The van der Waals surface area contributed by atoms with Crippen molar-refractivity contribution in [3.8, 4) is 11.5 Å². The van der Waals surface area contributed by atoms with Gasteiger partial charge in [0.05, 0.1) is 25.0 Å². The van der Waals surface area contributed by atoms with Gasteiger partial charge in [0.1, 0.15) is 17.9 Å². The molecule has 0 spiro atoms. The van der Waals surface area contributed by atoms with Crippen molar-refractivity contribution in [1.82, 2.24) is 15.3 Å². The van der Waals surface area contributed by atoms with E-state index in [0.717, 1.165) is 47.5 Å². The van der Waals surface area contributed by atoms with Crippen molar-refractivity contribution in [3.05, 3.63) is 41.4 Å². The van der Waals surface area contributed by atoms with E-state index in [1.807, 2.05) is 39.0 Å². The summed E-state index contributed by atoms with van der Waals surface area (Å²) >= 11 is 0. The topological polar surface area (TPSA) is 89.7 Å². The van der Waals surface area contributed by atoms with Crippen LogP contribution in [0.2, 0.25) is 0 Å². The average Bonchev–Trinajstić information content (AvgIpc) is 3.11. The first-order valence-corrected chi connectivity index (χ1v) is 11.0. The molecule has 8 heteroatoms. The lowest BCUT2D eigenvalue weighted by Crippen LogP contribution is -2.43. The van der Waals surface area contributed by atoms with E-state index in [9.17, 15) is 4.79 Å². The fourth-order valence-electron chi connectivity index (χ4n) is 4.22. The van der Waals surface area contributed by atoms with Gasteiger partial charge in [0, 0.05) is 25.2 Å². The maximum Gasteiger partial charge on any atom is 0.231 e. The van der Waals surface area contributed by atoms with Crippen LogP contribution in [0.5, 0.6) is 11.5 Å². The quantitative estimate of drug-likeness (QED) is 0.600. The predicted molar refractivity (Wildman–Crippen MR) is 122 cm³/mol. The molecular formula is C24H30N4O4. The van der Waals surface area contributed by atoms with Crippen LogP contribution in [-0.4, -0.2) is 42.7 Å². The molecule has 170 valence electrons. The van der Waals surface area contributed by atoms with E-state index in [4.69, 9.17) is 13.9 Å². The van der Waals surface area contributed by atoms with Crippen LogP contribution in [0, 0.1) is 19.8 Å². The summed E-state index contributed by atoms with van der Waals surface area (Å²) in [6, 6.07) is 5.72. The van der Waals surface area contributed by atoms with Gasteiger partial charge in [-0.05, 0) is 51.3 Å². The molecule has 1 aliphatic rings. The van der Waals surface area contributed by atoms with E-state index >= 15 is 0 Å². The van der Waals surface area contributed by atoms with E-state index in [-0.39, 0.29) is 11.8 Å². The summed E-state index contributed by atoms with van der Waals surface area (Å²) in [6.45, 7) is 8.36. The SMILES string of the molecule is CCOc1cc(CNC(=O)C2CCCN(c3ncnc4oc(C)c(C)c34)C2)ccc1OC. The summed E-state index contributed by atoms with van der Waals surface area (Å²) in [4.78, 5) is 24.0. The van der Waals surface area contributed by atoms with Crippen LogP contribution in [0.1, 0.15) is 36.7 Å². The number of hydrogen-bond acceptors (Lipinski definition) is 7. The third-order valence-corrected chi connectivity index (χ3v) is 6.03. The summed E-state index contributed by atoms with van der Waals surface area (Å²) in [5.41, 5.74) is 2.62. The van der Waals surface area contributed by atoms with Gasteiger partial charge in [-0.2, -0.15) is 0 Å². The molecule has 0 bridgehead atoms. The molecule has 3 heterocycles. The lowest BCUT2D eigenvalue weighted by molar-refractivity contribution is -0.125. The van der Waals surface area contributed by atoms with Gasteiger partial charge < -0.3 is 24.1 Å². The minimum absolute atomic E-state index is 0.0499. The Hall–Kier alpha value is -3.29. The van der Waals surface area contributed by atoms with Crippen LogP contribution >= 0.6 is 0 Å². The van der Waals surface area contributed by atoms with Crippen LogP contribution in [0.3, 0.4) is 0 Å². The third kappa shape index (κ3) is 4.35. The van der Waals surface area contributed by atoms with Gasteiger partial charge in [-0.1, -0.05) is 6.07 Å². The number of anilines is 1. The first-order chi connectivity index (χ1) is 15.5. The van der Waals surface area contributed by atoms with Gasteiger partial charge in [-0.3, -0.25) is 4.79 Å². The molecule has 1 aromatic carbocycles. The largest absolute Gasteiger partial charge is 0.493 e. The number of rotatable bonds is 7. The number of methoxy groups -OCH3 is 1. The number of aryl methyl sites for hydroxylation is 2. The van der Waals surface area contributed by atoms with Crippen molar-refractivity contribution < 1.29 is 18.7 Å². The fourth-order valence-corrected chi connectivity index (χ4v) is 4.22. The molecule has 32 heavy (non-hydrogen) atoms. The Bertz CT molecular complexity index is 1110. The summed E-state index contributed by atoms with van der Waals surface area (Å²) in [6.07, 6.45) is 3.31. The molecule has 0 radical (unpaired) electrons. The number of carbonyl (C=O) groups excluding carboxylic acids is 1. The van der Waals surface area contributed by atoms with E-state index in [0.29, 0.717) is 36.9 Å². The van der Waals surface area contributed by atoms with Crippen LogP contribution in [0.15, 0.2) is 28.9 Å². The van der Waals surface area contributed by atoms with Gasteiger partial charge in [0.15, 0.2) is 11.5 Å². The first-order valence-electron chi connectivity index (χ1n) is 11.0. The molecule has 0 aliphatic carbocycles. The molecule has 1 saturated heterocycles. The van der Waals surface area contributed by atoms with Crippen LogP contribution in [0.25, 0.3) is 11.1 Å². The molecule has 1 unspecified atom stereocenters. The molecule has 1 atom stereocenters. The highest BCUT2D eigenvalue weighted by Gasteiger charge is 2.28. The number of fused-ring (bicyclic) bond motifs is 1. The van der Waals surface area contributed by atoms with Crippen molar-refractivity contribution in [2.75, 3.05) is 31.7 Å². The third-order valence-electron chi connectivity index (χ3n) is 6.03. The van der Waals surface area contributed by atoms with Crippen molar-refractivity contribution in [1.29, 1.82) is 0 Å². The van der Waals surface area contributed by atoms with Gasteiger partial charge in [-0.25, -0.2) is 9.97 Å². The second-order valence-corrected chi connectivity index (χ2v) is 8.08. The number of aromatic nitrogens is 2. The molecule has 1 amide bonds. The molecule has 3 aromatic rings. The maximum atomic E-state index is 13.0. The number of nitrogens with one attached hydrogen (secondary N) is 1. The highest BCUT2D eigenvalue weighted by Crippen LogP contribution is 2.33. The van der Waals surface area contributed by atoms with Gasteiger partial charge in [0.2, 0.25) is 11.6 Å². The zero-order valence-corrected chi connectivity index (χ0v) is 19.1. The number of amides is 1. The number of hydrogen-bond donors (Lipinski definition) is 1. The summed E-state index contributed by atoms with van der Waals surface area (Å²) < 4.78 is 16.7. The summed E-state index contributed by atoms with van der Waals surface area (Å²) in [5, 5.41) is 4.02. The summed E-state index contributed by atoms with van der Waals surface area (Å²) in [7, 11) is 1.62. The van der Waals surface area contributed by atoms with Crippen molar-refractivity contribution >= 4 is 22.8 Å². The predicted octanol–water partition coefficient (Wildman–Crippen LogP) is 3.78. The molecule has 0 saturated carbocycles. The smallest absolute Gasteiger partial charge is 0.231 e. The molecule has 1 fully saturated rings. The van der Waals surface area contributed by atoms with E-state index < -0.39 is 0 Å². The lowest BCUT2D eigenvalue weighted by Gasteiger charge is -2.33. The molecule has 1 aliphatic heterocycles. The second kappa shape index (κ2) is 9.46. The Morgan fingerprint density at radius 2 is 2.12 bits per heavy atom. The Balaban J connectivity index is 1.44. The Kier molecular flexibility index (Phi) is 6.48. The molecule has 8 nitrogen and oxygen atoms in total. The fraction of sp³-hybridized carbons (Fsp3) is 0.458. The zero-order valence-electron chi connectivity index (χ0n) is 19.1. The van der Waals surface area contributed by atoms with E-state index in [1.165, 1.54) is 6.33 Å². The normalized spacial score (nSPS) is 16.2. The lowest BCUT2D eigenvalue weighted by atomic mass is 9.96. The highest BCUT2D eigenvalue weighted by atomic mass is 16.5. The monoisotopic (exact) mass is 438 g/mol. The van der Waals surface area contributed by atoms with Crippen LogP contribution in [0.4, 0.5) is 5.82 Å². The van der Waals surface area contributed by atoms with Gasteiger partial charge in [0.25, 0.3) is 0 Å². The number of benzene rings is 1. The number of ether oxygens (including phenoxy) is 2. The maximum absolute atomic E-state index is 13.0. The summed E-state index contributed by atoms with van der Waals surface area (Å²) in [5.74, 6) is 3.01. The molecule has 1 N–H and O–H groups in total. The van der Waals surface area contributed by atoms with E-state index in [1.54, 1.807) is 7.11 Å². The van der Waals surface area contributed by atoms with Crippen LogP contribution in [-0.2, 0) is 11.3 Å². The molecule has 4 rings (SSSR count). The first kappa shape index (κ1) is 21.9. The number of piperidine rings is 1. The number of carbonyl (C=O) groups is 1. The molecular weight excluding hydrogens is 408 g/mol. The minimum Gasteiger partial charge on any atom is -0.493 e. The number of furan rings is 1. The minimum atomic E-state index is -0.105. The van der Waals surface area contributed by atoms with Crippen molar-refractivity contribution in [2.45, 2.75) is 40.2 Å². The Morgan fingerprint density at radius 1 is 1.28 bits per heavy atom. The second-order valence-electron chi connectivity index (χ2n) is 8.08. The van der Waals surface area contributed by atoms with E-state index in [2.05, 4.69) is 20.2 Å². The number of nitrogens with zero attached hydrogens (tertiary/aromatic N) is 3. The average molecular weight is 439 g/mol. The van der Waals surface area contributed by atoms with Crippen molar-refractivity contribution in [2.24, 2.45) is 5.92 Å². The Morgan fingerprint density at radius 3 is 2.91 bits per heavy atom.